The molecule has 1 aliphatic rings. The van der Waals surface area contributed by atoms with Gasteiger partial charge in [-0.3, -0.25) is 9.69 Å². The van der Waals surface area contributed by atoms with Gasteiger partial charge < -0.3 is 14.5 Å². The van der Waals surface area contributed by atoms with Crippen LogP contribution in [0.3, 0.4) is 0 Å². The Morgan fingerprint density at radius 3 is 2.25 bits per heavy atom. The Balaban J connectivity index is 1.59. The van der Waals surface area contributed by atoms with Gasteiger partial charge in [0.05, 0.1) is 12.8 Å². The van der Waals surface area contributed by atoms with Crippen molar-refractivity contribution >= 4 is 33.2 Å². The van der Waals surface area contributed by atoms with E-state index in [0.717, 1.165) is 59.6 Å². The summed E-state index contributed by atoms with van der Waals surface area (Å²) in [5, 5.41) is 0. The van der Waals surface area contributed by atoms with Gasteiger partial charge in [0, 0.05) is 60.6 Å². The molecule has 0 N–H and O–H groups in total. The van der Waals surface area contributed by atoms with E-state index in [0.29, 0.717) is 19.1 Å². The van der Waals surface area contributed by atoms with Crippen molar-refractivity contribution in [3.8, 4) is 5.75 Å². The molecule has 0 radical (unpaired) electrons. The molecule has 1 aliphatic heterocycles. The van der Waals surface area contributed by atoms with Crippen molar-refractivity contribution in [3.05, 3.63) is 88.4 Å². The molecule has 6 heteroatoms. The molecule has 3 aromatic carbocycles. The first-order valence-corrected chi connectivity index (χ1v) is 13.6. The van der Waals surface area contributed by atoms with Crippen molar-refractivity contribution in [1.29, 1.82) is 0 Å². The number of benzene rings is 3. The van der Waals surface area contributed by atoms with Crippen LogP contribution in [0.1, 0.15) is 42.6 Å². The van der Waals surface area contributed by atoms with Gasteiger partial charge in [-0.05, 0) is 84.6 Å². The molecule has 5 nitrogen and oxygen atoms in total. The maximum absolute atomic E-state index is 12.9. The van der Waals surface area contributed by atoms with Crippen molar-refractivity contribution in [2.24, 2.45) is 0 Å². The van der Waals surface area contributed by atoms with Crippen LogP contribution in [0.15, 0.2) is 77.3 Å². The van der Waals surface area contributed by atoms with Crippen LogP contribution in [0.25, 0.3) is 0 Å². The molecule has 0 aliphatic carbocycles. The minimum absolute atomic E-state index is 0.0786. The lowest BCUT2D eigenvalue weighted by molar-refractivity contribution is 0.0773. The average molecular weight is 551 g/mol. The van der Waals surface area contributed by atoms with Gasteiger partial charge in [-0.2, -0.15) is 0 Å². The first kappa shape index (κ1) is 26.2. The van der Waals surface area contributed by atoms with E-state index in [4.69, 9.17) is 4.74 Å². The van der Waals surface area contributed by atoms with Crippen LogP contribution < -0.4 is 9.64 Å². The highest BCUT2D eigenvalue weighted by Crippen LogP contribution is 2.39. The number of likely N-dealkylation sites (tertiary alicyclic amines) is 1. The number of rotatable bonds is 9. The Morgan fingerprint density at radius 1 is 0.972 bits per heavy atom. The molecule has 0 unspecified atom stereocenters. The van der Waals surface area contributed by atoms with Crippen LogP contribution in [0.5, 0.6) is 5.75 Å². The third-order valence-electron chi connectivity index (χ3n) is 7.03. The maximum atomic E-state index is 12.9. The van der Waals surface area contributed by atoms with E-state index in [1.807, 2.05) is 43.0 Å². The van der Waals surface area contributed by atoms with Gasteiger partial charge in [-0.25, -0.2) is 0 Å². The first-order chi connectivity index (χ1) is 17.5. The number of halogens is 1. The highest BCUT2D eigenvalue weighted by Gasteiger charge is 2.28. The van der Waals surface area contributed by atoms with Crippen LogP contribution in [0, 0.1) is 0 Å². The summed E-state index contributed by atoms with van der Waals surface area (Å²) < 4.78 is 6.59. The molecule has 0 saturated carbocycles. The fourth-order valence-corrected chi connectivity index (χ4v) is 5.42. The molecule has 36 heavy (non-hydrogen) atoms. The smallest absolute Gasteiger partial charge is 0.253 e. The van der Waals surface area contributed by atoms with E-state index >= 15 is 0 Å². The van der Waals surface area contributed by atoms with Crippen LogP contribution in [-0.4, -0.2) is 55.0 Å². The lowest BCUT2D eigenvalue weighted by Crippen LogP contribution is -2.43. The van der Waals surface area contributed by atoms with Gasteiger partial charge in [0.15, 0.2) is 0 Å². The van der Waals surface area contributed by atoms with Gasteiger partial charge in [0.2, 0.25) is 0 Å². The normalized spacial score (nSPS) is 14.4. The zero-order valence-corrected chi connectivity index (χ0v) is 23.1. The first-order valence-electron chi connectivity index (χ1n) is 12.8. The monoisotopic (exact) mass is 549 g/mol. The van der Waals surface area contributed by atoms with E-state index in [9.17, 15) is 4.79 Å². The number of hydrogen-bond acceptors (Lipinski definition) is 4. The molecule has 1 heterocycles. The molecule has 0 bridgehead atoms. The predicted molar refractivity (Wildman–Crippen MR) is 151 cm³/mol. The van der Waals surface area contributed by atoms with Crippen molar-refractivity contribution in [2.45, 2.75) is 39.3 Å². The molecular weight excluding hydrogens is 514 g/mol. The lowest BCUT2D eigenvalue weighted by atomic mass is 10.00. The number of carbonyl (C=O) groups is 1. The number of methoxy groups -OCH3 is 1. The Labute approximate surface area is 223 Å². The van der Waals surface area contributed by atoms with E-state index in [2.05, 4.69) is 74.3 Å². The summed E-state index contributed by atoms with van der Waals surface area (Å²) in [5.41, 5.74) is 4.25. The molecule has 0 aromatic heterocycles. The van der Waals surface area contributed by atoms with Gasteiger partial charge in [-0.15, -0.1) is 0 Å². The minimum Gasteiger partial charge on any atom is -0.497 e. The topological polar surface area (TPSA) is 36.0 Å². The van der Waals surface area contributed by atoms with E-state index in [1.54, 1.807) is 7.11 Å². The molecule has 4 rings (SSSR count). The maximum Gasteiger partial charge on any atom is 0.253 e. The van der Waals surface area contributed by atoms with Crippen molar-refractivity contribution in [2.75, 3.05) is 38.2 Å². The number of ether oxygens (including phenoxy) is 1. The second-order valence-corrected chi connectivity index (χ2v) is 10.1. The van der Waals surface area contributed by atoms with Gasteiger partial charge in [0.25, 0.3) is 5.91 Å². The Morgan fingerprint density at radius 2 is 1.64 bits per heavy atom. The summed E-state index contributed by atoms with van der Waals surface area (Å²) >= 11 is 3.79. The second kappa shape index (κ2) is 12.4. The van der Waals surface area contributed by atoms with Gasteiger partial charge in [-0.1, -0.05) is 30.3 Å². The summed E-state index contributed by atoms with van der Waals surface area (Å²) in [7, 11) is 1.70. The fourth-order valence-electron chi connectivity index (χ4n) is 4.99. The molecule has 190 valence electrons. The summed E-state index contributed by atoms with van der Waals surface area (Å²) in [6.45, 7) is 8.51. The highest BCUT2D eigenvalue weighted by molar-refractivity contribution is 9.10. The standard InChI is InChI=1S/C30H36BrN3O2/c1-4-33(5-2)30(35)24-11-13-25(14-12-24)34(29-21-27(36-3)15-16-28(29)31)26-17-19-32(20-18-26)22-23-9-7-6-8-10-23/h6-16,21,26H,4-5,17-20,22H2,1-3H3. The third-order valence-corrected chi connectivity index (χ3v) is 7.70. The number of carbonyl (C=O) groups excluding carboxylic acids is 1. The van der Waals surface area contributed by atoms with Crippen LogP contribution in [0.2, 0.25) is 0 Å². The van der Waals surface area contributed by atoms with E-state index < -0.39 is 0 Å². The number of piperidine rings is 1. The minimum atomic E-state index is 0.0786. The largest absolute Gasteiger partial charge is 0.497 e. The Hall–Kier alpha value is -2.83. The van der Waals surface area contributed by atoms with Gasteiger partial charge >= 0.3 is 0 Å². The predicted octanol–water partition coefficient (Wildman–Crippen LogP) is 6.74. The summed E-state index contributed by atoms with van der Waals surface area (Å²) in [6.07, 6.45) is 2.10. The quantitative estimate of drug-likeness (QED) is 0.296. The number of nitrogens with zero attached hydrogens (tertiary/aromatic N) is 3. The molecule has 1 saturated heterocycles. The van der Waals surface area contributed by atoms with Crippen LogP contribution in [-0.2, 0) is 6.54 Å². The second-order valence-electron chi connectivity index (χ2n) is 9.20. The lowest BCUT2D eigenvalue weighted by Gasteiger charge is -2.40. The molecule has 0 atom stereocenters. The van der Waals surface area contributed by atoms with Crippen molar-refractivity contribution in [3.63, 3.8) is 0 Å². The molecule has 0 spiro atoms. The van der Waals surface area contributed by atoms with Crippen LogP contribution in [0.4, 0.5) is 11.4 Å². The zero-order valence-electron chi connectivity index (χ0n) is 21.5. The third kappa shape index (κ3) is 6.11. The van der Waals surface area contributed by atoms with E-state index in [-0.39, 0.29) is 5.91 Å². The molecular formula is C30H36BrN3O2. The van der Waals surface area contributed by atoms with Crippen molar-refractivity contribution in [1.82, 2.24) is 9.80 Å². The molecule has 1 fully saturated rings. The summed E-state index contributed by atoms with van der Waals surface area (Å²) in [5.74, 6) is 0.905. The summed E-state index contributed by atoms with van der Waals surface area (Å²) in [4.78, 5) is 19.7. The molecule has 3 aromatic rings. The van der Waals surface area contributed by atoms with E-state index in [1.165, 1.54) is 5.56 Å². The SMILES string of the molecule is CCN(CC)C(=O)c1ccc(N(c2cc(OC)ccc2Br)C2CCN(Cc3ccccc3)CC2)cc1. The van der Waals surface area contributed by atoms with Gasteiger partial charge in [0.1, 0.15) is 5.75 Å². The number of amides is 1. The van der Waals surface area contributed by atoms with Crippen LogP contribution >= 0.6 is 15.9 Å². The van der Waals surface area contributed by atoms with Crippen molar-refractivity contribution < 1.29 is 9.53 Å². The average Bonchev–Trinajstić information content (AvgIpc) is 2.92. The number of anilines is 2. The number of hydrogen-bond donors (Lipinski definition) is 0. The Bertz CT molecular complexity index is 1120. The Kier molecular flexibility index (Phi) is 9.05. The fraction of sp³-hybridized carbons (Fsp3) is 0.367. The zero-order chi connectivity index (χ0) is 25.5. The summed E-state index contributed by atoms with van der Waals surface area (Å²) in [6, 6.07) is 25.2. The molecule has 1 amide bonds. The highest BCUT2D eigenvalue weighted by atomic mass is 79.9.